The molecule has 0 unspecified atom stereocenters. The number of fused-ring (bicyclic) bond motifs is 2. The van der Waals surface area contributed by atoms with Gasteiger partial charge < -0.3 is 18.7 Å². The number of aromatic nitrogens is 4. The van der Waals surface area contributed by atoms with Gasteiger partial charge in [0.1, 0.15) is 23.8 Å². The zero-order valence-electron chi connectivity index (χ0n) is 13.1. The van der Waals surface area contributed by atoms with Crippen LogP contribution in [0.5, 0.6) is 17.2 Å². The molecular weight excluding hydrogens is 344 g/mol. The summed E-state index contributed by atoms with van der Waals surface area (Å²) in [6.07, 6.45) is 1.94. The van der Waals surface area contributed by atoms with Gasteiger partial charge in [0.2, 0.25) is 11.8 Å². The highest BCUT2D eigenvalue weighted by Gasteiger charge is 2.16. The molecule has 5 rings (SSSR count). The molecule has 9 heteroatoms. The lowest BCUT2D eigenvalue weighted by molar-refractivity contribution is 0.173. The van der Waals surface area contributed by atoms with Crippen LogP contribution in [0.3, 0.4) is 0 Å². The summed E-state index contributed by atoms with van der Waals surface area (Å²) in [6.45, 7) is 2.39. The summed E-state index contributed by atoms with van der Waals surface area (Å²) in [4.78, 5) is 1.74. The van der Waals surface area contributed by atoms with Crippen molar-refractivity contribution in [3.63, 3.8) is 0 Å². The number of hydrogen-bond donors (Lipinski definition) is 0. The van der Waals surface area contributed by atoms with Crippen LogP contribution in [0.25, 0.3) is 15.5 Å². The van der Waals surface area contributed by atoms with Crippen molar-refractivity contribution in [1.29, 1.82) is 0 Å². The zero-order chi connectivity index (χ0) is 16.8. The van der Waals surface area contributed by atoms with E-state index in [1.807, 2.05) is 35.7 Å². The second-order valence-corrected chi connectivity index (χ2v) is 6.50. The van der Waals surface area contributed by atoms with E-state index in [2.05, 4.69) is 15.4 Å². The molecule has 1 aromatic carbocycles. The van der Waals surface area contributed by atoms with Crippen LogP contribution in [0.2, 0.25) is 0 Å². The molecular formula is C16H12N4O4S. The standard InChI is InChI=1S/C16H12N4O4S/c1-9-4-11(19-24-9)14-6-20-15(17-18-16(20)25-14)7-21-10-2-3-12-13(5-10)23-8-22-12/h2-6H,7-8H2,1H3. The van der Waals surface area contributed by atoms with E-state index in [0.29, 0.717) is 17.3 Å². The van der Waals surface area contributed by atoms with Gasteiger partial charge in [0, 0.05) is 18.3 Å². The summed E-state index contributed by atoms with van der Waals surface area (Å²) in [5, 5.41) is 12.4. The van der Waals surface area contributed by atoms with Crippen molar-refractivity contribution in [3.8, 4) is 27.8 Å². The Morgan fingerprint density at radius 2 is 2.12 bits per heavy atom. The third-order valence-corrected chi connectivity index (χ3v) is 4.77. The van der Waals surface area contributed by atoms with Crippen molar-refractivity contribution < 1.29 is 18.7 Å². The number of rotatable bonds is 4. The second-order valence-electron chi connectivity index (χ2n) is 5.49. The van der Waals surface area contributed by atoms with E-state index in [4.69, 9.17) is 18.7 Å². The Hall–Kier alpha value is -3.07. The number of hydrogen-bond acceptors (Lipinski definition) is 8. The normalized spacial score (nSPS) is 12.8. The molecule has 25 heavy (non-hydrogen) atoms. The van der Waals surface area contributed by atoms with Gasteiger partial charge >= 0.3 is 0 Å². The molecule has 0 amide bonds. The average molecular weight is 356 g/mol. The monoisotopic (exact) mass is 356 g/mol. The van der Waals surface area contributed by atoms with Gasteiger partial charge in [-0.2, -0.15) is 0 Å². The lowest BCUT2D eigenvalue weighted by Gasteiger charge is -2.05. The molecule has 0 saturated heterocycles. The van der Waals surface area contributed by atoms with Gasteiger partial charge in [0.15, 0.2) is 17.3 Å². The molecule has 0 saturated carbocycles. The molecule has 0 radical (unpaired) electrons. The summed E-state index contributed by atoms with van der Waals surface area (Å²) in [5.74, 6) is 3.57. The topological polar surface area (TPSA) is 83.9 Å². The Morgan fingerprint density at radius 3 is 3.00 bits per heavy atom. The molecule has 1 aliphatic heterocycles. The number of benzene rings is 1. The predicted molar refractivity (Wildman–Crippen MR) is 88.0 cm³/mol. The summed E-state index contributed by atoms with van der Waals surface area (Å²) in [5.41, 5.74) is 0.788. The van der Waals surface area contributed by atoms with Crippen molar-refractivity contribution in [2.75, 3.05) is 6.79 Å². The first-order valence-electron chi connectivity index (χ1n) is 7.56. The van der Waals surface area contributed by atoms with E-state index in [1.54, 1.807) is 6.07 Å². The molecule has 0 N–H and O–H groups in total. The van der Waals surface area contributed by atoms with Crippen molar-refractivity contribution in [1.82, 2.24) is 19.8 Å². The lowest BCUT2D eigenvalue weighted by atomic mass is 10.3. The summed E-state index contributed by atoms with van der Waals surface area (Å²) in [6, 6.07) is 7.36. The van der Waals surface area contributed by atoms with E-state index in [1.165, 1.54) is 11.3 Å². The van der Waals surface area contributed by atoms with Crippen molar-refractivity contribution >= 4 is 16.3 Å². The van der Waals surface area contributed by atoms with Crippen molar-refractivity contribution in [2.24, 2.45) is 0 Å². The maximum Gasteiger partial charge on any atom is 0.231 e. The molecule has 1 aliphatic rings. The molecule has 0 atom stereocenters. The largest absolute Gasteiger partial charge is 0.485 e. The molecule has 3 aromatic heterocycles. The maximum atomic E-state index is 5.81. The first-order chi connectivity index (χ1) is 12.3. The van der Waals surface area contributed by atoms with Gasteiger partial charge in [0.25, 0.3) is 0 Å². The fraction of sp³-hybridized carbons (Fsp3) is 0.188. The molecule has 4 heterocycles. The zero-order valence-corrected chi connectivity index (χ0v) is 13.9. The maximum absolute atomic E-state index is 5.81. The van der Waals surface area contributed by atoms with Crippen LogP contribution in [-0.4, -0.2) is 26.5 Å². The van der Waals surface area contributed by atoms with Crippen molar-refractivity contribution in [2.45, 2.75) is 13.5 Å². The second kappa shape index (κ2) is 5.49. The van der Waals surface area contributed by atoms with Gasteiger partial charge in [-0.3, -0.25) is 4.40 Å². The Bertz CT molecular complexity index is 1070. The van der Waals surface area contributed by atoms with Crippen LogP contribution in [0.1, 0.15) is 11.6 Å². The number of ether oxygens (including phenoxy) is 3. The summed E-state index contributed by atoms with van der Waals surface area (Å²) < 4.78 is 23.5. The fourth-order valence-corrected chi connectivity index (χ4v) is 3.46. The number of thiazole rings is 1. The highest BCUT2D eigenvalue weighted by Crippen LogP contribution is 2.35. The Balaban J connectivity index is 1.38. The third kappa shape index (κ3) is 2.49. The SMILES string of the molecule is Cc1cc(-c2cn3c(COc4ccc5c(c4)OCO5)nnc3s2)no1. The van der Waals surface area contributed by atoms with Crippen LogP contribution < -0.4 is 14.2 Å². The molecule has 0 fully saturated rings. The van der Waals surface area contributed by atoms with E-state index in [-0.39, 0.29) is 13.4 Å². The number of aryl methyl sites for hydroxylation is 1. The van der Waals surface area contributed by atoms with E-state index < -0.39 is 0 Å². The smallest absolute Gasteiger partial charge is 0.231 e. The van der Waals surface area contributed by atoms with Gasteiger partial charge in [-0.1, -0.05) is 16.5 Å². The first kappa shape index (κ1) is 14.3. The third-order valence-electron chi connectivity index (χ3n) is 3.78. The molecule has 0 spiro atoms. The fourth-order valence-electron chi connectivity index (χ4n) is 2.56. The molecule has 126 valence electrons. The minimum Gasteiger partial charge on any atom is -0.485 e. The Labute approximate surface area is 145 Å². The molecule has 0 bridgehead atoms. The average Bonchev–Trinajstić information content (AvgIpc) is 3.36. The number of nitrogens with zero attached hydrogens (tertiary/aromatic N) is 4. The summed E-state index contributed by atoms with van der Waals surface area (Å²) >= 11 is 1.50. The highest BCUT2D eigenvalue weighted by atomic mass is 32.1. The summed E-state index contributed by atoms with van der Waals surface area (Å²) in [7, 11) is 0. The van der Waals surface area contributed by atoms with Crippen LogP contribution in [0, 0.1) is 6.92 Å². The molecule has 0 aliphatic carbocycles. The quantitative estimate of drug-likeness (QED) is 0.555. The van der Waals surface area contributed by atoms with E-state index in [9.17, 15) is 0 Å². The first-order valence-corrected chi connectivity index (χ1v) is 8.37. The van der Waals surface area contributed by atoms with Crippen LogP contribution in [0.15, 0.2) is 35.0 Å². The lowest BCUT2D eigenvalue weighted by Crippen LogP contribution is -2.00. The van der Waals surface area contributed by atoms with Gasteiger partial charge in [0.05, 0.1) is 4.88 Å². The Kier molecular flexibility index (Phi) is 3.14. The molecule has 4 aromatic rings. The Morgan fingerprint density at radius 1 is 1.20 bits per heavy atom. The van der Waals surface area contributed by atoms with E-state index >= 15 is 0 Å². The van der Waals surface area contributed by atoms with Gasteiger partial charge in [-0.15, -0.1) is 10.2 Å². The van der Waals surface area contributed by atoms with Gasteiger partial charge in [-0.25, -0.2) is 0 Å². The highest BCUT2D eigenvalue weighted by molar-refractivity contribution is 7.20. The minimum absolute atomic E-state index is 0.239. The van der Waals surface area contributed by atoms with Crippen LogP contribution in [-0.2, 0) is 6.61 Å². The van der Waals surface area contributed by atoms with Crippen molar-refractivity contribution in [3.05, 3.63) is 42.0 Å². The van der Waals surface area contributed by atoms with Gasteiger partial charge in [-0.05, 0) is 19.1 Å². The molecule has 8 nitrogen and oxygen atoms in total. The minimum atomic E-state index is 0.239. The van der Waals surface area contributed by atoms with Crippen LogP contribution in [0.4, 0.5) is 0 Å². The van der Waals surface area contributed by atoms with Crippen LogP contribution >= 0.6 is 11.3 Å². The van der Waals surface area contributed by atoms with E-state index in [0.717, 1.165) is 27.0 Å². The predicted octanol–water partition coefficient (Wildman–Crippen LogP) is 3.06.